The summed E-state index contributed by atoms with van der Waals surface area (Å²) in [5.41, 5.74) is 2.84. The first-order valence-electron chi connectivity index (χ1n) is 6.93. The van der Waals surface area contributed by atoms with Gasteiger partial charge in [-0.15, -0.1) is 0 Å². The molecule has 23 heavy (non-hydrogen) atoms. The number of rotatable bonds is 4. The minimum absolute atomic E-state index is 0.0910. The van der Waals surface area contributed by atoms with Crippen molar-refractivity contribution in [2.45, 2.75) is 6.92 Å². The van der Waals surface area contributed by atoms with Gasteiger partial charge in [-0.25, -0.2) is 4.79 Å². The number of amides is 1. The van der Waals surface area contributed by atoms with Crippen molar-refractivity contribution in [2.75, 3.05) is 7.11 Å². The summed E-state index contributed by atoms with van der Waals surface area (Å²) in [5.74, 6) is -0.937. The molecule has 2 aromatic carbocycles. The van der Waals surface area contributed by atoms with Gasteiger partial charge in [0.25, 0.3) is 0 Å². The van der Waals surface area contributed by atoms with E-state index in [4.69, 9.17) is 11.6 Å². The number of nitrogens with one attached hydrogen (secondary N) is 1. The molecule has 0 radical (unpaired) electrons. The Bertz CT molecular complexity index is 751. The molecule has 0 saturated heterocycles. The van der Waals surface area contributed by atoms with Crippen molar-refractivity contribution in [3.05, 3.63) is 64.8 Å². The van der Waals surface area contributed by atoms with Gasteiger partial charge < -0.3 is 10.1 Å². The molecule has 0 fully saturated rings. The molecule has 0 saturated carbocycles. The van der Waals surface area contributed by atoms with Crippen LogP contribution in [0.2, 0.25) is 5.02 Å². The van der Waals surface area contributed by atoms with Crippen LogP contribution in [0.1, 0.15) is 12.5 Å². The lowest BCUT2D eigenvalue weighted by molar-refractivity contribution is -0.137. The molecular formula is C18H16ClNO3. The molecule has 1 amide bonds. The molecule has 4 nitrogen and oxygen atoms in total. The number of benzene rings is 2. The van der Waals surface area contributed by atoms with Crippen LogP contribution in [0, 0.1) is 0 Å². The molecule has 2 aromatic rings. The van der Waals surface area contributed by atoms with E-state index in [9.17, 15) is 9.59 Å². The molecule has 5 heteroatoms. The second-order valence-electron chi connectivity index (χ2n) is 4.86. The normalized spacial score (nSPS) is 11.0. The van der Waals surface area contributed by atoms with E-state index in [1.807, 2.05) is 48.5 Å². The van der Waals surface area contributed by atoms with Crippen LogP contribution in [0.4, 0.5) is 0 Å². The Labute approximate surface area is 139 Å². The lowest BCUT2D eigenvalue weighted by atomic mass is 10.0. The predicted octanol–water partition coefficient (Wildman–Crippen LogP) is 3.66. The van der Waals surface area contributed by atoms with Gasteiger partial charge in [0.1, 0.15) is 5.70 Å². The van der Waals surface area contributed by atoms with Crippen LogP contribution >= 0.6 is 11.6 Å². The van der Waals surface area contributed by atoms with Gasteiger partial charge in [0.2, 0.25) is 5.91 Å². The van der Waals surface area contributed by atoms with E-state index in [0.717, 1.165) is 16.7 Å². The summed E-state index contributed by atoms with van der Waals surface area (Å²) in [6.45, 7) is 1.33. The van der Waals surface area contributed by atoms with E-state index in [1.165, 1.54) is 14.0 Å². The molecule has 0 spiro atoms. The van der Waals surface area contributed by atoms with Crippen molar-refractivity contribution < 1.29 is 14.3 Å². The maximum absolute atomic E-state index is 11.7. The number of methoxy groups -OCH3 is 1. The second-order valence-corrected chi connectivity index (χ2v) is 5.30. The average Bonchev–Trinajstić information content (AvgIpc) is 2.54. The molecule has 0 aliphatic carbocycles. The second kappa shape index (κ2) is 7.61. The highest BCUT2D eigenvalue weighted by Crippen LogP contribution is 2.23. The number of carbonyl (C=O) groups excluding carboxylic acids is 2. The molecule has 0 aliphatic heterocycles. The molecule has 0 atom stereocenters. The highest BCUT2D eigenvalue weighted by atomic mass is 35.5. The molecule has 0 bridgehead atoms. The van der Waals surface area contributed by atoms with Gasteiger partial charge in [-0.3, -0.25) is 4.79 Å². The van der Waals surface area contributed by atoms with Crippen molar-refractivity contribution in [2.24, 2.45) is 0 Å². The maximum Gasteiger partial charge on any atom is 0.354 e. The fourth-order valence-corrected chi connectivity index (χ4v) is 2.19. The third-order valence-corrected chi connectivity index (χ3v) is 3.34. The maximum atomic E-state index is 11.7. The summed E-state index contributed by atoms with van der Waals surface area (Å²) in [7, 11) is 1.27. The lowest BCUT2D eigenvalue weighted by Gasteiger charge is -2.07. The van der Waals surface area contributed by atoms with E-state index in [2.05, 4.69) is 10.1 Å². The Morgan fingerprint density at radius 3 is 2.39 bits per heavy atom. The molecule has 0 unspecified atom stereocenters. The zero-order valence-electron chi connectivity index (χ0n) is 12.8. The SMILES string of the molecule is COC(=O)C(=Cc1cccc(-c2ccc(Cl)cc2)c1)NC(C)=O. The van der Waals surface area contributed by atoms with Crippen molar-refractivity contribution >= 4 is 29.6 Å². The summed E-state index contributed by atoms with van der Waals surface area (Å²) in [5, 5.41) is 3.15. The quantitative estimate of drug-likeness (QED) is 0.688. The Morgan fingerprint density at radius 1 is 1.09 bits per heavy atom. The van der Waals surface area contributed by atoms with Crippen LogP contribution in [0.5, 0.6) is 0 Å². The fourth-order valence-electron chi connectivity index (χ4n) is 2.06. The van der Waals surface area contributed by atoms with Crippen LogP contribution < -0.4 is 5.32 Å². The third kappa shape index (κ3) is 4.69. The van der Waals surface area contributed by atoms with Crippen LogP contribution in [0.25, 0.3) is 17.2 Å². The molecule has 2 rings (SSSR count). The van der Waals surface area contributed by atoms with Crippen LogP contribution in [0.3, 0.4) is 0 Å². The molecular weight excluding hydrogens is 314 g/mol. The number of halogens is 1. The van der Waals surface area contributed by atoms with Gasteiger partial charge in [-0.1, -0.05) is 41.9 Å². The summed E-state index contributed by atoms with van der Waals surface area (Å²) in [4.78, 5) is 22.9. The van der Waals surface area contributed by atoms with Gasteiger partial charge in [-0.2, -0.15) is 0 Å². The Balaban J connectivity index is 2.37. The van der Waals surface area contributed by atoms with Gasteiger partial charge in [0.05, 0.1) is 7.11 Å². The zero-order chi connectivity index (χ0) is 16.8. The van der Waals surface area contributed by atoms with E-state index in [0.29, 0.717) is 5.02 Å². The first kappa shape index (κ1) is 16.8. The predicted molar refractivity (Wildman–Crippen MR) is 90.7 cm³/mol. The average molecular weight is 330 g/mol. The lowest BCUT2D eigenvalue weighted by Crippen LogP contribution is -2.25. The van der Waals surface area contributed by atoms with Gasteiger partial charge >= 0.3 is 5.97 Å². The van der Waals surface area contributed by atoms with Crippen LogP contribution in [-0.2, 0) is 14.3 Å². The molecule has 0 aromatic heterocycles. The van der Waals surface area contributed by atoms with Crippen LogP contribution in [-0.4, -0.2) is 19.0 Å². The van der Waals surface area contributed by atoms with E-state index < -0.39 is 5.97 Å². The number of ether oxygens (including phenoxy) is 1. The highest BCUT2D eigenvalue weighted by molar-refractivity contribution is 6.30. The van der Waals surface area contributed by atoms with Crippen molar-refractivity contribution in [1.29, 1.82) is 0 Å². The Morgan fingerprint density at radius 2 is 1.78 bits per heavy atom. The monoisotopic (exact) mass is 329 g/mol. The van der Waals surface area contributed by atoms with Gasteiger partial charge in [0.15, 0.2) is 0 Å². The first-order chi connectivity index (χ1) is 11.0. The highest BCUT2D eigenvalue weighted by Gasteiger charge is 2.11. The first-order valence-corrected chi connectivity index (χ1v) is 7.31. The van der Waals surface area contributed by atoms with Crippen LogP contribution in [0.15, 0.2) is 54.2 Å². The van der Waals surface area contributed by atoms with E-state index >= 15 is 0 Å². The zero-order valence-corrected chi connectivity index (χ0v) is 13.6. The summed E-state index contributed by atoms with van der Waals surface area (Å²) < 4.78 is 4.68. The molecule has 1 N–H and O–H groups in total. The van der Waals surface area contributed by atoms with Crippen molar-refractivity contribution in [3.63, 3.8) is 0 Å². The standard InChI is InChI=1S/C18H16ClNO3/c1-12(21)20-17(18(22)23-2)11-13-4-3-5-15(10-13)14-6-8-16(19)9-7-14/h3-11H,1-2H3,(H,20,21). The van der Waals surface area contributed by atoms with Gasteiger partial charge in [-0.05, 0) is 41.0 Å². The summed E-state index contributed by atoms with van der Waals surface area (Å²) in [6.07, 6.45) is 1.58. The largest absolute Gasteiger partial charge is 0.464 e. The number of hydrogen-bond donors (Lipinski definition) is 1. The van der Waals surface area contributed by atoms with Crippen molar-refractivity contribution in [3.8, 4) is 11.1 Å². The molecule has 0 aliphatic rings. The fraction of sp³-hybridized carbons (Fsp3) is 0.111. The number of hydrogen-bond acceptors (Lipinski definition) is 3. The molecule has 118 valence electrons. The minimum Gasteiger partial charge on any atom is -0.464 e. The molecule has 0 heterocycles. The van der Waals surface area contributed by atoms with E-state index in [-0.39, 0.29) is 11.6 Å². The topological polar surface area (TPSA) is 55.4 Å². The number of carbonyl (C=O) groups is 2. The number of esters is 1. The Kier molecular flexibility index (Phi) is 5.55. The van der Waals surface area contributed by atoms with Gasteiger partial charge in [0, 0.05) is 11.9 Å². The van der Waals surface area contributed by atoms with Crippen molar-refractivity contribution in [1.82, 2.24) is 5.32 Å². The summed E-state index contributed by atoms with van der Waals surface area (Å²) >= 11 is 5.90. The Hall–Kier alpha value is -2.59. The minimum atomic E-state index is -0.600. The third-order valence-electron chi connectivity index (χ3n) is 3.09. The summed E-state index contributed by atoms with van der Waals surface area (Å²) in [6, 6.07) is 15.0. The van der Waals surface area contributed by atoms with E-state index in [1.54, 1.807) is 6.08 Å². The smallest absolute Gasteiger partial charge is 0.354 e.